The zero-order valence-electron chi connectivity index (χ0n) is 19.5. The van der Waals surface area contributed by atoms with Crippen LogP contribution in [0.1, 0.15) is 16.1 Å². The van der Waals surface area contributed by atoms with E-state index < -0.39 is 11.8 Å². The molecule has 7 nitrogen and oxygen atoms in total. The van der Waals surface area contributed by atoms with Gasteiger partial charge in [-0.25, -0.2) is 4.90 Å². The smallest absolute Gasteiger partial charge is 0.291 e. The van der Waals surface area contributed by atoms with Crippen LogP contribution >= 0.6 is 27.7 Å². The van der Waals surface area contributed by atoms with Gasteiger partial charge in [0.05, 0.1) is 12.0 Å². The van der Waals surface area contributed by atoms with E-state index >= 15 is 0 Å². The Balaban J connectivity index is 1.42. The molecule has 0 saturated carbocycles. The molecule has 184 valence electrons. The molecule has 0 unspecified atom stereocenters. The second-order valence-corrected chi connectivity index (χ2v) is 10.2. The molecule has 0 radical (unpaired) electrons. The lowest BCUT2D eigenvalue weighted by molar-refractivity contribution is -0.120. The van der Waals surface area contributed by atoms with Crippen molar-refractivity contribution in [2.75, 3.05) is 15.5 Å². The summed E-state index contributed by atoms with van der Waals surface area (Å²) in [6.45, 7) is 1.94. The van der Waals surface area contributed by atoms with Gasteiger partial charge < -0.3 is 15.1 Å². The SMILES string of the molecule is Cc1ccc(N2C(=O)C(Nc3ccc(Br)cc3)=C(Sc3ccc(NC(=O)c4ccco4)cc3)C2=O)cc1. The molecule has 1 aromatic heterocycles. The van der Waals surface area contributed by atoms with Gasteiger partial charge in [-0.1, -0.05) is 45.4 Å². The minimum Gasteiger partial charge on any atom is -0.459 e. The summed E-state index contributed by atoms with van der Waals surface area (Å²) in [5, 5.41) is 5.90. The highest BCUT2D eigenvalue weighted by molar-refractivity contribution is 9.10. The molecule has 5 rings (SSSR count). The minimum absolute atomic E-state index is 0.202. The molecule has 0 atom stereocenters. The molecular formula is C28H20BrN3O4S. The van der Waals surface area contributed by atoms with Gasteiger partial charge in [-0.2, -0.15) is 0 Å². The molecular weight excluding hydrogens is 554 g/mol. The molecule has 1 aliphatic heterocycles. The third-order valence-corrected chi connectivity index (χ3v) is 7.14. The number of amides is 3. The van der Waals surface area contributed by atoms with Crippen molar-refractivity contribution in [3.8, 4) is 0 Å². The number of rotatable bonds is 7. The number of benzene rings is 3. The highest BCUT2D eigenvalue weighted by atomic mass is 79.9. The normalized spacial score (nSPS) is 13.3. The Labute approximate surface area is 225 Å². The lowest BCUT2D eigenvalue weighted by atomic mass is 10.2. The van der Waals surface area contributed by atoms with E-state index in [-0.39, 0.29) is 22.3 Å². The monoisotopic (exact) mass is 573 g/mol. The number of halogens is 1. The number of nitrogens with zero attached hydrogens (tertiary/aromatic N) is 1. The number of carbonyl (C=O) groups excluding carboxylic acids is 3. The van der Waals surface area contributed by atoms with E-state index in [0.717, 1.165) is 14.9 Å². The number of anilines is 3. The van der Waals surface area contributed by atoms with Crippen LogP contribution in [0.4, 0.5) is 17.1 Å². The van der Waals surface area contributed by atoms with Crippen LogP contribution in [0.15, 0.2) is 116 Å². The Morgan fingerprint density at radius 1 is 0.865 bits per heavy atom. The topological polar surface area (TPSA) is 91.7 Å². The molecule has 9 heteroatoms. The van der Waals surface area contributed by atoms with Crippen LogP contribution in [0.25, 0.3) is 0 Å². The quantitative estimate of drug-likeness (QED) is 0.242. The Morgan fingerprint density at radius 3 is 2.19 bits per heavy atom. The largest absolute Gasteiger partial charge is 0.459 e. The number of hydrogen-bond donors (Lipinski definition) is 2. The lowest BCUT2D eigenvalue weighted by Crippen LogP contribution is -2.32. The van der Waals surface area contributed by atoms with Gasteiger partial charge in [0.15, 0.2) is 5.76 Å². The summed E-state index contributed by atoms with van der Waals surface area (Å²) in [4.78, 5) is 41.4. The zero-order valence-corrected chi connectivity index (χ0v) is 21.9. The molecule has 0 aliphatic carbocycles. The lowest BCUT2D eigenvalue weighted by Gasteiger charge is -2.15. The Hall–Kier alpha value is -4.08. The van der Waals surface area contributed by atoms with Gasteiger partial charge in [-0.3, -0.25) is 14.4 Å². The molecule has 4 aromatic rings. The van der Waals surface area contributed by atoms with Gasteiger partial charge in [-0.05, 0) is 79.7 Å². The van der Waals surface area contributed by atoms with E-state index in [1.165, 1.54) is 22.9 Å². The van der Waals surface area contributed by atoms with Crippen LogP contribution < -0.4 is 15.5 Å². The number of aryl methyl sites for hydroxylation is 1. The van der Waals surface area contributed by atoms with Crippen LogP contribution in [-0.2, 0) is 9.59 Å². The predicted molar refractivity (Wildman–Crippen MR) is 147 cm³/mol. The Bertz CT molecular complexity index is 1500. The number of nitrogens with one attached hydrogen (secondary N) is 2. The van der Waals surface area contributed by atoms with Crippen LogP contribution in [0.2, 0.25) is 0 Å². The number of thioether (sulfide) groups is 1. The van der Waals surface area contributed by atoms with E-state index in [1.807, 2.05) is 43.3 Å². The van der Waals surface area contributed by atoms with E-state index in [0.29, 0.717) is 17.1 Å². The summed E-state index contributed by atoms with van der Waals surface area (Å²) in [7, 11) is 0. The summed E-state index contributed by atoms with van der Waals surface area (Å²) in [6.07, 6.45) is 1.43. The summed E-state index contributed by atoms with van der Waals surface area (Å²) in [5.74, 6) is -0.992. The molecule has 0 bridgehead atoms. The van der Waals surface area contributed by atoms with Gasteiger partial charge in [0.25, 0.3) is 17.7 Å². The van der Waals surface area contributed by atoms with E-state index in [1.54, 1.807) is 48.5 Å². The fourth-order valence-corrected chi connectivity index (χ4v) is 4.84. The Morgan fingerprint density at radius 2 is 1.54 bits per heavy atom. The van der Waals surface area contributed by atoms with Gasteiger partial charge in [0, 0.05) is 20.7 Å². The number of hydrogen-bond acceptors (Lipinski definition) is 6. The van der Waals surface area contributed by atoms with Crippen molar-refractivity contribution in [2.45, 2.75) is 11.8 Å². The van der Waals surface area contributed by atoms with Crippen LogP contribution in [0.3, 0.4) is 0 Å². The minimum atomic E-state index is -0.429. The van der Waals surface area contributed by atoms with Crippen LogP contribution in [0, 0.1) is 6.92 Å². The summed E-state index contributed by atoms with van der Waals surface area (Å²) in [5.41, 5.74) is 2.98. The fourth-order valence-electron chi connectivity index (χ4n) is 3.65. The van der Waals surface area contributed by atoms with Crippen LogP contribution in [0.5, 0.6) is 0 Å². The maximum atomic E-state index is 13.5. The maximum absolute atomic E-state index is 13.5. The molecule has 0 fully saturated rings. The first-order valence-electron chi connectivity index (χ1n) is 11.2. The molecule has 37 heavy (non-hydrogen) atoms. The molecule has 0 spiro atoms. The van der Waals surface area contributed by atoms with E-state index in [9.17, 15) is 14.4 Å². The molecule has 3 aromatic carbocycles. The number of furan rings is 1. The number of carbonyl (C=O) groups is 3. The molecule has 2 N–H and O–H groups in total. The van der Waals surface area contributed by atoms with Gasteiger partial charge in [0.1, 0.15) is 10.6 Å². The highest BCUT2D eigenvalue weighted by Gasteiger charge is 2.40. The predicted octanol–water partition coefficient (Wildman–Crippen LogP) is 6.59. The third kappa shape index (κ3) is 5.37. The van der Waals surface area contributed by atoms with Crippen LogP contribution in [-0.4, -0.2) is 17.7 Å². The van der Waals surface area contributed by atoms with Crippen molar-refractivity contribution in [2.24, 2.45) is 0 Å². The summed E-state index contributed by atoms with van der Waals surface area (Å²) in [6, 6.07) is 24.8. The van der Waals surface area contributed by atoms with Crippen molar-refractivity contribution >= 4 is 62.5 Å². The second-order valence-electron chi connectivity index (χ2n) is 8.18. The molecule has 3 amide bonds. The summed E-state index contributed by atoms with van der Waals surface area (Å²) < 4.78 is 6.02. The maximum Gasteiger partial charge on any atom is 0.291 e. The van der Waals surface area contributed by atoms with Gasteiger partial charge >= 0.3 is 0 Å². The zero-order chi connectivity index (χ0) is 25.9. The number of imide groups is 1. The molecule has 2 heterocycles. The van der Waals surface area contributed by atoms with Gasteiger partial charge in [0.2, 0.25) is 0 Å². The fraction of sp³-hybridized carbons (Fsp3) is 0.0357. The average Bonchev–Trinajstić information content (AvgIpc) is 3.51. The molecule has 1 aliphatic rings. The molecule has 0 saturated heterocycles. The van der Waals surface area contributed by atoms with Crippen molar-refractivity contribution < 1.29 is 18.8 Å². The first kappa shape index (κ1) is 24.6. The van der Waals surface area contributed by atoms with E-state index in [2.05, 4.69) is 26.6 Å². The summed E-state index contributed by atoms with van der Waals surface area (Å²) >= 11 is 4.59. The van der Waals surface area contributed by atoms with Crippen molar-refractivity contribution in [1.82, 2.24) is 0 Å². The Kier molecular flexibility index (Phi) is 6.98. The second kappa shape index (κ2) is 10.5. The van der Waals surface area contributed by atoms with Gasteiger partial charge in [-0.15, -0.1) is 0 Å². The van der Waals surface area contributed by atoms with Crippen molar-refractivity contribution in [3.63, 3.8) is 0 Å². The first-order valence-corrected chi connectivity index (χ1v) is 12.8. The first-order chi connectivity index (χ1) is 17.9. The van der Waals surface area contributed by atoms with Crippen molar-refractivity contribution in [1.29, 1.82) is 0 Å². The third-order valence-electron chi connectivity index (χ3n) is 5.52. The average molecular weight is 574 g/mol. The van der Waals surface area contributed by atoms with E-state index in [4.69, 9.17) is 4.42 Å². The standard InChI is InChI=1S/C28H20BrN3O4S/c1-17-4-12-21(13-5-17)32-27(34)24(30-19-8-6-18(29)7-9-19)25(28(32)35)37-22-14-10-20(11-15-22)31-26(33)23-3-2-16-36-23/h2-16,30H,1H3,(H,31,33). The highest BCUT2D eigenvalue weighted by Crippen LogP contribution is 2.38. The van der Waals surface area contributed by atoms with Crippen molar-refractivity contribution in [3.05, 3.63) is 118 Å².